The van der Waals surface area contributed by atoms with E-state index in [0.717, 1.165) is 30.0 Å². The number of benzene rings is 2. The molecule has 0 bridgehead atoms. The number of ether oxygens (including phenoxy) is 1. The second-order valence-electron chi connectivity index (χ2n) is 6.11. The summed E-state index contributed by atoms with van der Waals surface area (Å²) in [6, 6.07) is 14.6. The van der Waals surface area contributed by atoms with Crippen LogP contribution in [-0.2, 0) is 4.79 Å². The highest BCUT2D eigenvalue weighted by Gasteiger charge is 2.29. The lowest BCUT2D eigenvalue weighted by Crippen LogP contribution is -2.37. The van der Waals surface area contributed by atoms with Crippen LogP contribution < -0.4 is 15.0 Å². The Kier molecular flexibility index (Phi) is 3.69. The first-order valence-corrected chi connectivity index (χ1v) is 8.17. The molecule has 0 saturated heterocycles. The predicted molar refractivity (Wildman–Crippen MR) is 91.4 cm³/mol. The van der Waals surface area contributed by atoms with Crippen molar-refractivity contribution in [2.24, 2.45) is 5.92 Å². The minimum atomic E-state index is -0.0641. The zero-order valence-electron chi connectivity index (χ0n) is 13.2. The molecular weight excluding hydrogens is 304 g/mol. The molecule has 0 atom stereocenters. The standard InChI is InChI=1S/C19H18N2O3/c22-18(13-5-6-13)20-15-9-7-14(8-10-15)19(23)21-11-12-24-17-4-2-1-3-16(17)21/h1-4,7-10,13H,5-6,11-12H2,(H,20,22). The van der Waals surface area contributed by atoms with Crippen molar-refractivity contribution in [1.82, 2.24) is 0 Å². The smallest absolute Gasteiger partial charge is 0.258 e. The number of nitrogens with one attached hydrogen (secondary N) is 1. The molecule has 1 aliphatic carbocycles. The van der Waals surface area contributed by atoms with Crippen molar-refractivity contribution in [3.8, 4) is 5.75 Å². The topological polar surface area (TPSA) is 58.6 Å². The van der Waals surface area contributed by atoms with E-state index in [-0.39, 0.29) is 17.7 Å². The Balaban J connectivity index is 1.51. The van der Waals surface area contributed by atoms with E-state index in [1.807, 2.05) is 24.3 Å². The number of amides is 2. The van der Waals surface area contributed by atoms with Gasteiger partial charge in [0.1, 0.15) is 12.4 Å². The third-order valence-electron chi connectivity index (χ3n) is 4.32. The fraction of sp³-hybridized carbons (Fsp3) is 0.263. The number of nitrogens with zero attached hydrogens (tertiary/aromatic N) is 1. The van der Waals surface area contributed by atoms with E-state index in [4.69, 9.17) is 4.74 Å². The van der Waals surface area contributed by atoms with Crippen LogP contribution in [0.3, 0.4) is 0 Å². The van der Waals surface area contributed by atoms with Gasteiger partial charge in [-0.3, -0.25) is 9.59 Å². The zero-order chi connectivity index (χ0) is 16.5. The monoisotopic (exact) mass is 322 g/mol. The Hall–Kier alpha value is -2.82. The minimum Gasteiger partial charge on any atom is -0.490 e. The van der Waals surface area contributed by atoms with Crippen LogP contribution in [0.15, 0.2) is 48.5 Å². The second kappa shape index (κ2) is 6.00. The lowest BCUT2D eigenvalue weighted by molar-refractivity contribution is -0.117. The number of rotatable bonds is 3. The second-order valence-corrected chi connectivity index (χ2v) is 6.11. The van der Waals surface area contributed by atoms with E-state index in [9.17, 15) is 9.59 Å². The van der Waals surface area contributed by atoms with E-state index in [2.05, 4.69) is 5.32 Å². The normalized spacial score (nSPS) is 16.1. The zero-order valence-corrected chi connectivity index (χ0v) is 13.2. The molecule has 0 aromatic heterocycles. The van der Waals surface area contributed by atoms with Crippen LogP contribution in [0.4, 0.5) is 11.4 Å². The maximum Gasteiger partial charge on any atom is 0.258 e. The molecule has 1 saturated carbocycles. The van der Waals surface area contributed by atoms with Crippen molar-refractivity contribution in [3.05, 3.63) is 54.1 Å². The summed E-state index contributed by atoms with van der Waals surface area (Å²) in [6.45, 7) is 1.01. The summed E-state index contributed by atoms with van der Waals surface area (Å²) in [6.07, 6.45) is 1.94. The Morgan fingerprint density at radius 3 is 2.54 bits per heavy atom. The van der Waals surface area contributed by atoms with E-state index >= 15 is 0 Å². The Morgan fingerprint density at radius 2 is 1.79 bits per heavy atom. The van der Waals surface area contributed by atoms with Gasteiger partial charge in [-0.25, -0.2) is 0 Å². The van der Waals surface area contributed by atoms with Crippen LogP contribution in [0.5, 0.6) is 5.75 Å². The van der Waals surface area contributed by atoms with Gasteiger partial charge in [-0.15, -0.1) is 0 Å². The van der Waals surface area contributed by atoms with Crippen molar-refractivity contribution in [3.63, 3.8) is 0 Å². The molecule has 2 aromatic rings. The molecule has 5 heteroatoms. The quantitative estimate of drug-likeness (QED) is 0.945. The highest BCUT2D eigenvalue weighted by Crippen LogP contribution is 2.32. The van der Waals surface area contributed by atoms with Gasteiger partial charge in [-0.1, -0.05) is 12.1 Å². The molecule has 122 valence electrons. The van der Waals surface area contributed by atoms with E-state index in [1.54, 1.807) is 29.2 Å². The molecular formula is C19H18N2O3. The summed E-state index contributed by atoms with van der Waals surface area (Å²) in [4.78, 5) is 26.3. The van der Waals surface area contributed by atoms with Gasteiger partial charge in [0.15, 0.2) is 0 Å². The van der Waals surface area contributed by atoms with Crippen LogP contribution in [0.25, 0.3) is 0 Å². The Labute approximate surface area is 140 Å². The molecule has 0 spiro atoms. The van der Waals surface area contributed by atoms with Crippen LogP contribution in [0.2, 0.25) is 0 Å². The highest BCUT2D eigenvalue weighted by atomic mass is 16.5. The van der Waals surface area contributed by atoms with Crippen molar-refractivity contribution >= 4 is 23.2 Å². The molecule has 1 N–H and O–H groups in total. The van der Waals surface area contributed by atoms with Gasteiger partial charge >= 0.3 is 0 Å². The van der Waals surface area contributed by atoms with Gasteiger partial charge in [-0.05, 0) is 49.2 Å². The highest BCUT2D eigenvalue weighted by molar-refractivity contribution is 6.07. The fourth-order valence-electron chi connectivity index (χ4n) is 2.82. The summed E-state index contributed by atoms with van der Waals surface area (Å²) in [7, 11) is 0. The fourth-order valence-corrected chi connectivity index (χ4v) is 2.82. The largest absolute Gasteiger partial charge is 0.490 e. The number of carbonyl (C=O) groups is 2. The lowest BCUT2D eigenvalue weighted by atomic mass is 10.1. The average molecular weight is 322 g/mol. The Bertz CT molecular complexity index is 781. The van der Waals surface area contributed by atoms with E-state index in [1.165, 1.54) is 0 Å². The van der Waals surface area contributed by atoms with Crippen molar-refractivity contribution in [1.29, 1.82) is 0 Å². The molecule has 1 heterocycles. The molecule has 2 aromatic carbocycles. The summed E-state index contributed by atoms with van der Waals surface area (Å²) in [5.41, 5.74) is 2.11. The first-order valence-electron chi connectivity index (χ1n) is 8.17. The molecule has 0 unspecified atom stereocenters. The van der Waals surface area contributed by atoms with Gasteiger partial charge in [0.2, 0.25) is 5.91 Å². The van der Waals surface area contributed by atoms with E-state index in [0.29, 0.717) is 18.7 Å². The molecule has 2 aliphatic rings. The third kappa shape index (κ3) is 2.85. The van der Waals surface area contributed by atoms with Crippen molar-refractivity contribution in [2.75, 3.05) is 23.4 Å². The van der Waals surface area contributed by atoms with Crippen LogP contribution in [-0.4, -0.2) is 25.0 Å². The molecule has 1 aliphatic heterocycles. The SMILES string of the molecule is O=C(Nc1ccc(C(=O)N2CCOc3ccccc32)cc1)C1CC1. The number of anilines is 2. The molecule has 4 rings (SSSR count). The van der Waals surface area contributed by atoms with Crippen LogP contribution in [0, 0.1) is 5.92 Å². The third-order valence-corrected chi connectivity index (χ3v) is 4.32. The Morgan fingerprint density at radius 1 is 1.04 bits per heavy atom. The predicted octanol–water partition coefficient (Wildman–Crippen LogP) is 3.07. The lowest BCUT2D eigenvalue weighted by Gasteiger charge is -2.29. The molecule has 5 nitrogen and oxygen atoms in total. The summed E-state index contributed by atoms with van der Waals surface area (Å²) < 4.78 is 5.59. The summed E-state index contributed by atoms with van der Waals surface area (Å²) in [5.74, 6) is 0.892. The van der Waals surface area contributed by atoms with Gasteiger partial charge < -0.3 is 15.0 Å². The van der Waals surface area contributed by atoms with Crippen molar-refractivity contribution in [2.45, 2.75) is 12.8 Å². The number of fused-ring (bicyclic) bond motifs is 1. The minimum absolute atomic E-state index is 0.0641. The summed E-state index contributed by atoms with van der Waals surface area (Å²) >= 11 is 0. The van der Waals surface area contributed by atoms with Gasteiger partial charge in [-0.2, -0.15) is 0 Å². The number of para-hydroxylation sites is 2. The van der Waals surface area contributed by atoms with E-state index < -0.39 is 0 Å². The maximum absolute atomic E-state index is 12.8. The maximum atomic E-state index is 12.8. The molecule has 2 amide bonds. The summed E-state index contributed by atoms with van der Waals surface area (Å²) in [5, 5.41) is 2.88. The number of carbonyl (C=O) groups excluding carboxylic acids is 2. The van der Waals surface area contributed by atoms with Crippen LogP contribution in [0.1, 0.15) is 23.2 Å². The van der Waals surface area contributed by atoms with Gasteiger partial charge in [0, 0.05) is 17.2 Å². The molecule has 24 heavy (non-hydrogen) atoms. The number of hydrogen-bond donors (Lipinski definition) is 1. The first-order chi connectivity index (χ1) is 11.7. The number of hydrogen-bond acceptors (Lipinski definition) is 3. The van der Waals surface area contributed by atoms with Gasteiger partial charge in [0.25, 0.3) is 5.91 Å². The molecule has 0 radical (unpaired) electrons. The van der Waals surface area contributed by atoms with Gasteiger partial charge in [0.05, 0.1) is 12.2 Å². The first kappa shape index (κ1) is 14.8. The molecule has 1 fully saturated rings. The van der Waals surface area contributed by atoms with Crippen LogP contribution >= 0.6 is 0 Å². The average Bonchev–Trinajstić information content (AvgIpc) is 3.46. The van der Waals surface area contributed by atoms with Crippen molar-refractivity contribution < 1.29 is 14.3 Å².